The minimum Gasteiger partial charge on any atom is -0.490 e. The van der Waals surface area contributed by atoms with E-state index in [0.717, 1.165) is 37.1 Å². The quantitative estimate of drug-likeness (QED) is 0.711. The number of nitrogens with zero attached hydrogens (tertiary/aromatic N) is 1. The van der Waals surface area contributed by atoms with Gasteiger partial charge in [-0.1, -0.05) is 32.6 Å². The molecule has 1 aromatic rings. The van der Waals surface area contributed by atoms with Gasteiger partial charge in [-0.05, 0) is 37.3 Å². The highest BCUT2D eigenvalue weighted by Crippen LogP contribution is 2.28. The normalized spacial score (nSPS) is 15.6. The van der Waals surface area contributed by atoms with Gasteiger partial charge in [-0.25, -0.2) is 4.98 Å². The highest BCUT2D eigenvalue weighted by atomic mass is 16.5. The van der Waals surface area contributed by atoms with Crippen LogP contribution in [0.1, 0.15) is 51.9 Å². The lowest BCUT2D eigenvalue weighted by Crippen LogP contribution is -2.07. The molecule has 3 heteroatoms. The van der Waals surface area contributed by atoms with Gasteiger partial charge in [-0.3, -0.25) is 0 Å². The summed E-state index contributed by atoms with van der Waals surface area (Å²) in [5.41, 5.74) is 0. The van der Waals surface area contributed by atoms with Crippen molar-refractivity contribution in [2.45, 2.75) is 51.9 Å². The minimum atomic E-state index is 0.752. The molecule has 0 bridgehead atoms. The second-order valence-electron chi connectivity index (χ2n) is 5.42. The molecule has 0 radical (unpaired) electrons. The van der Waals surface area contributed by atoms with Crippen LogP contribution in [0.4, 0.5) is 5.82 Å². The first-order valence-electron chi connectivity index (χ1n) is 7.72. The zero-order chi connectivity index (χ0) is 13.3. The summed E-state index contributed by atoms with van der Waals surface area (Å²) in [4.78, 5) is 4.36. The van der Waals surface area contributed by atoms with Crippen molar-refractivity contribution < 1.29 is 4.74 Å². The van der Waals surface area contributed by atoms with E-state index in [0.29, 0.717) is 0 Å². The van der Waals surface area contributed by atoms with Gasteiger partial charge in [-0.2, -0.15) is 0 Å². The van der Waals surface area contributed by atoms with Gasteiger partial charge >= 0.3 is 0 Å². The van der Waals surface area contributed by atoms with Crippen LogP contribution < -0.4 is 10.1 Å². The molecule has 1 saturated carbocycles. The lowest BCUT2D eigenvalue weighted by atomic mass is 10.0. The van der Waals surface area contributed by atoms with Gasteiger partial charge in [0.2, 0.25) is 0 Å². The number of ether oxygens (including phenoxy) is 1. The number of anilines is 1. The number of rotatable bonds is 8. The molecule has 0 saturated heterocycles. The van der Waals surface area contributed by atoms with Crippen LogP contribution in [0.3, 0.4) is 0 Å². The Morgan fingerprint density at radius 2 is 2.21 bits per heavy atom. The molecular weight excluding hydrogens is 236 g/mol. The molecule has 0 aromatic carbocycles. The Morgan fingerprint density at radius 1 is 1.37 bits per heavy atom. The predicted octanol–water partition coefficient (Wildman–Crippen LogP) is 4.25. The Hall–Kier alpha value is -1.25. The lowest BCUT2D eigenvalue weighted by Gasteiger charge is -2.12. The molecule has 0 unspecified atom stereocenters. The van der Waals surface area contributed by atoms with Crippen molar-refractivity contribution >= 4 is 5.82 Å². The number of aromatic nitrogens is 1. The van der Waals surface area contributed by atoms with E-state index in [1.54, 1.807) is 0 Å². The first-order chi connectivity index (χ1) is 9.40. The average Bonchev–Trinajstić information content (AvgIpc) is 2.95. The fourth-order valence-electron chi connectivity index (χ4n) is 2.75. The van der Waals surface area contributed by atoms with Gasteiger partial charge in [0.1, 0.15) is 0 Å². The summed E-state index contributed by atoms with van der Waals surface area (Å²) in [6, 6.07) is 3.91. The molecular formula is C16H26N2O. The van der Waals surface area contributed by atoms with Gasteiger partial charge in [0.15, 0.2) is 11.6 Å². The van der Waals surface area contributed by atoms with Gasteiger partial charge in [0.25, 0.3) is 0 Å². The summed E-state index contributed by atoms with van der Waals surface area (Å²) in [5, 5.41) is 3.41. The van der Waals surface area contributed by atoms with Crippen molar-refractivity contribution in [1.82, 2.24) is 4.98 Å². The maximum absolute atomic E-state index is 5.69. The molecule has 1 aliphatic rings. The zero-order valence-corrected chi connectivity index (χ0v) is 12.0. The van der Waals surface area contributed by atoms with Crippen LogP contribution in [0.2, 0.25) is 0 Å². The first-order valence-corrected chi connectivity index (χ1v) is 7.72. The van der Waals surface area contributed by atoms with Gasteiger partial charge < -0.3 is 10.1 Å². The molecule has 106 valence electrons. The lowest BCUT2D eigenvalue weighted by molar-refractivity contribution is 0.317. The van der Waals surface area contributed by atoms with E-state index in [2.05, 4.69) is 17.2 Å². The van der Waals surface area contributed by atoms with Gasteiger partial charge in [0, 0.05) is 12.7 Å². The van der Waals surface area contributed by atoms with Crippen molar-refractivity contribution in [2.24, 2.45) is 5.92 Å². The maximum Gasteiger partial charge on any atom is 0.168 e. The molecule has 3 nitrogen and oxygen atoms in total. The maximum atomic E-state index is 5.69. The summed E-state index contributed by atoms with van der Waals surface area (Å²) >= 11 is 0. The third-order valence-corrected chi connectivity index (χ3v) is 3.79. The van der Waals surface area contributed by atoms with Crippen molar-refractivity contribution in [3.63, 3.8) is 0 Å². The SMILES string of the molecule is CCCOc1cccnc1NCCCC1CCCC1. The van der Waals surface area contributed by atoms with Crippen LogP contribution in [0.25, 0.3) is 0 Å². The Morgan fingerprint density at radius 3 is 3.00 bits per heavy atom. The highest BCUT2D eigenvalue weighted by molar-refractivity contribution is 5.49. The Kier molecular flexibility index (Phi) is 5.99. The van der Waals surface area contributed by atoms with Crippen LogP contribution in [0.15, 0.2) is 18.3 Å². The number of hydrogen-bond donors (Lipinski definition) is 1. The van der Waals surface area contributed by atoms with E-state index in [1.807, 2.05) is 18.3 Å². The van der Waals surface area contributed by atoms with Crippen LogP contribution in [-0.4, -0.2) is 18.1 Å². The molecule has 1 fully saturated rings. The molecule has 1 N–H and O–H groups in total. The van der Waals surface area contributed by atoms with Crippen molar-refractivity contribution in [3.05, 3.63) is 18.3 Å². The number of hydrogen-bond acceptors (Lipinski definition) is 3. The molecule has 1 aromatic heterocycles. The summed E-state index contributed by atoms with van der Waals surface area (Å²) < 4.78 is 5.69. The molecule has 0 atom stereocenters. The van der Waals surface area contributed by atoms with Crippen LogP contribution >= 0.6 is 0 Å². The summed E-state index contributed by atoms with van der Waals surface area (Å²) in [7, 11) is 0. The fourth-order valence-corrected chi connectivity index (χ4v) is 2.75. The molecule has 0 aliphatic heterocycles. The van der Waals surface area contributed by atoms with E-state index < -0.39 is 0 Å². The van der Waals surface area contributed by atoms with Gasteiger partial charge in [-0.15, -0.1) is 0 Å². The average molecular weight is 262 g/mol. The smallest absolute Gasteiger partial charge is 0.168 e. The molecule has 0 amide bonds. The standard InChI is InChI=1S/C16H26N2O/c1-2-13-19-15-10-6-12-18-16(15)17-11-5-9-14-7-3-4-8-14/h6,10,12,14H,2-5,7-9,11,13H2,1H3,(H,17,18). The zero-order valence-electron chi connectivity index (χ0n) is 12.0. The largest absolute Gasteiger partial charge is 0.490 e. The van der Waals surface area contributed by atoms with Gasteiger partial charge in [0.05, 0.1) is 6.61 Å². The Bertz CT molecular complexity index is 362. The molecule has 1 aliphatic carbocycles. The Balaban J connectivity index is 1.72. The van der Waals surface area contributed by atoms with E-state index in [-0.39, 0.29) is 0 Å². The Labute approximate surface area is 116 Å². The monoisotopic (exact) mass is 262 g/mol. The van der Waals surface area contributed by atoms with Crippen molar-refractivity contribution in [1.29, 1.82) is 0 Å². The van der Waals surface area contributed by atoms with Crippen LogP contribution in [0, 0.1) is 5.92 Å². The van der Waals surface area contributed by atoms with E-state index in [9.17, 15) is 0 Å². The molecule has 19 heavy (non-hydrogen) atoms. The first kappa shape index (κ1) is 14.2. The second kappa shape index (κ2) is 8.03. The number of pyridine rings is 1. The molecule has 0 spiro atoms. The second-order valence-corrected chi connectivity index (χ2v) is 5.42. The third-order valence-electron chi connectivity index (χ3n) is 3.79. The summed E-state index contributed by atoms with van der Waals surface area (Å²) in [6.07, 6.45) is 11.2. The predicted molar refractivity (Wildman–Crippen MR) is 79.7 cm³/mol. The van der Waals surface area contributed by atoms with Crippen LogP contribution in [0.5, 0.6) is 5.75 Å². The van der Waals surface area contributed by atoms with Crippen LogP contribution in [-0.2, 0) is 0 Å². The third kappa shape index (κ3) is 4.73. The molecule has 2 rings (SSSR count). The summed E-state index contributed by atoms with van der Waals surface area (Å²) in [5.74, 6) is 2.74. The minimum absolute atomic E-state index is 0.752. The van der Waals surface area contributed by atoms with Crippen molar-refractivity contribution in [2.75, 3.05) is 18.5 Å². The number of nitrogens with one attached hydrogen (secondary N) is 1. The van der Waals surface area contributed by atoms with Crippen molar-refractivity contribution in [3.8, 4) is 5.75 Å². The van der Waals surface area contributed by atoms with E-state index in [1.165, 1.54) is 38.5 Å². The van der Waals surface area contributed by atoms with E-state index in [4.69, 9.17) is 4.74 Å². The topological polar surface area (TPSA) is 34.1 Å². The molecule has 1 heterocycles. The summed E-state index contributed by atoms with van der Waals surface area (Å²) in [6.45, 7) is 3.86. The fraction of sp³-hybridized carbons (Fsp3) is 0.688. The highest BCUT2D eigenvalue weighted by Gasteiger charge is 2.14. The van der Waals surface area contributed by atoms with E-state index >= 15 is 0 Å².